The number of urea groups is 1. The summed E-state index contributed by atoms with van der Waals surface area (Å²) >= 11 is 0. The third-order valence-corrected chi connectivity index (χ3v) is 2.77. The molecule has 0 saturated heterocycles. The molecule has 0 bridgehead atoms. The zero-order valence-electron chi connectivity index (χ0n) is 11.6. The molecule has 20 heavy (non-hydrogen) atoms. The van der Waals surface area contributed by atoms with E-state index in [-0.39, 0.29) is 12.6 Å². The first kappa shape index (κ1) is 15.9. The van der Waals surface area contributed by atoms with Gasteiger partial charge in [-0.1, -0.05) is 6.07 Å². The fraction of sp³-hybridized carbons (Fsp3) is 0.462. The van der Waals surface area contributed by atoms with Crippen molar-refractivity contribution in [2.45, 2.75) is 12.5 Å². The quantitative estimate of drug-likeness (QED) is 0.753. The number of aromatic nitrogens is 1. The van der Waals surface area contributed by atoms with Crippen molar-refractivity contribution in [3.8, 4) is 0 Å². The maximum absolute atomic E-state index is 11.8. The average molecular weight is 281 g/mol. The van der Waals surface area contributed by atoms with Gasteiger partial charge in [0, 0.05) is 39.0 Å². The number of carboxylic acids is 1. The van der Waals surface area contributed by atoms with Crippen LogP contribution in [-0.2, 0) is 16.0 Å². The van der Waals surface area contributed by atoms with Crippen molar-refractivity contribution >= 4 is 12.0 Å². The standard InChI is InChI=1S/C13H19N3O4/c1-16(8-6-10-5-3-4-7-14-10)13(19)15-9-11(20-2)12(17)18/h3-5,7,11H,6,8-9H2,1-2H3,(H,15,19)(H,17,18). The van der Waals surface area contributed by atoms with E-state index in [1.807, 2.05) is 18.2 Å². The Hall–Kier alpha value is -2.15. The van der Waals surface area contributed by atoms with Crippen molar-refractivity contribution < 1.29 is 19.4 Å². The van der Waals surface area contributed by atoms with Crippen molar-refractivity contribution in [3.05, 3.63) is 30.1 Å². The summed E-state index contributed by atoms with van der Waals surface area (Å²) in [4.78, 5) is 28.1. The predicted octanol–water partition coefficient (Wildman–Crippen LogP) is 0.365. The lowest BCUT2D eigenvalue weighted by Gasteiger charge is -2.19. The van der Waals surface area contributed by atoms with Crippen LogP contribution in [-0.4, -0.2) is 60.3 Å². The first-order chi connectivity index (χ1) is 9.54. The van der Waals surface area contributed by atoms with E-state index < -0.39 is 12.1 Å². The number of carboxylic acid groups (broad SMARTS) is 1. The highest BCUT2D eigenvalue weighted by Crippen LogP contribution is 1.97. The third kappa shape index (κ3) is 5.23. The molecule has 2 amide bonds. The summed E-state index contributed by atoms with van der Waals surface area (Å²) in [5.74, 6) is -1.11. The van der Waals surface area contributed by atoms with Crippen LogP contribution in [0.5, 0.6) is 0 Å². The van der Waals surface area contributed by atoms with Crippen molar-refractivity contribution in [2.24, 2.45) is 0 Å². The molecule has 110 valence electrons. The van der Waals surface area contributed by atoms with Gasteiger partial charge in [-0.3, -0.25) is 4.98 Å². The lowest BCUT2D eigenvalue weighted by molar-refractivity contribution is -0.148. The average Bonchev–Trinajstić information content (AvgIpc) is 2.45. The van der Waals surface area contributed by atoms with Crippen LogP contribution in [0.15, 0.2) is 24.4 Å². The number of methoxy groups -OCH3 is 1. The molecule has 1 aromatic heterocycles. The molecule has 0 aliphatic heterocycles. The molecule has 0 spiro atoms. The predicted molar refractivity (Wildman–Crippen MR) is 72.4 cm³/mol. The summed E-state index contributed by atoms with van der Waals surface area (Å²) in [6, 6.07) is 5.26. The second-order valence-electron chi connectivity index (χ2n) is 4.24. The molecule has 0 saturated carbocycles. The number of ether oxygens (including phenoxy) is 1. The molecule has 7 heteroatoms. The number of aliphatic carboxylic acids is 1. The number of carbonyl (C=O) groups excluding carboxylic acids is 1. The number of nitrogens with zero attached hydrogens (tertiary/aromatic N) is 2. The fourth-order valence-corrected chi connectivity index (χ4v) is 1.52. The van der Waals surface area contributed by atoms with Crippen LogP contribution in [0.2, 0.25) is 0 Å². The van der Waals surface area contributed by atoms with Crippen LogP contribution in [0.1, 0.15) is 5.69 Å². The minimum absolute atomic E-state index is 0.0708. The van der Waals surface area contributed by atoms with Crippen molar-refractivity contribution in [1.82, 2.24) is 15.2 Å². The molecule has 0 aromatic carbocycles. The van der Waals surface area contributed by atoms with Crippen LogP contribution >= 0.6 is 0 Å². The van der Waals surface area contributed by atoms with Crippen LogP contribution in [0, 0.1) is 0 Å². The molecule has 7 nitrogen and oxygen atoms in total. The second kappa shape index (κ2) is 8.11. The molecular formula is C13H19N3O4. The monoisotopic (exact) mass is 281 g/mol. The third-order valence-electron chi connectivity index (χ3n) is 2.77. The largest absolute Gasteiger partial charge is 0.479 e. The summed E-state index contributed by atoms with van der Waals surface area (Å²) in [5, 5.41) is 11.3. The Morgan fingerprint density at radius 3 is 2.80 bits per heavy atom. The Labute approximate surface area is 117 Å². The highest BCUT2D eigenvalue weighted by molar-refractivity contribution is 5.76. The number of pyridine rings is 1. The van der Waals surface area contributed by atoms with Crippen LogP contribution < -0.4 is 5.32 Å². The van der Waals surface area contributed by atoms with E-state index in [2.05, 4.69) is 10.3 Å². The Balaban J connectivity index is 2.34. The van der Waals surface area contributed by atoms with Gasteiger partial charge in [0.25, 0.3) is 0 Å². The highest BCUT2D eigenvalue weighted by Gasteiger charge is 2.18. The van der Waals surface area contributed by atoms with Gasteiger partial charge in [-0.2, -0.15) is 0 Å². The summed E-state index contributed by atoms with van der Waals surface area (Å²) < 4.78 is 4.73. The molecule has 1 rings (SSSR count). The van der Waals surface area contributed by atoms with Gasteiger partial charge in [0.05, 0.1) is 6.54 Å². The molecule has 0 aliphatic carbocycles. The van der Waals surface area contributed by atoms with E-state index in [1.54, 1.807) is 13.2 Å². The number of likely N-dealkylation sites (N-methyl/N-ethyl adjacent to an activating group) is 1. The number of nitrogens with one attached hydrogen (secondary N) is 1. The number of amides is 2. The normalized spacial score (nSPS) is 11.7. The van der Waals surface area contributed by atoms with Gasteiger partial charge >= 0.3 is 12.0 Å². The van der Waals surface area contributed by atoms with Gasteiger partial charge < -0.3 is 20.1 Å². The summed E-state index contributed by atoms with van der Waals surface area (Å²) in [6.07, 6.45) is 1.30. The van der Waals surface area contributed by atoms with Crippen LogP contribution in [0.4, 0.5) is 4.79 Å². The zero-order chi connectivity index (χ0) is 15.0. The summed E-state index contributed by atoms with van der Waals surface area (Å²) in [7, 11) is 2.93. The maximum Gasteiger partial charge on any atom is 0.334 e. The van der Waals surface area contributed by atoms with Gasteiger partial charge in [0.1, 0.15) is 0 Å². The maximum atomic E-state index is 11.8. The van der Waals surface area contributed by atoms with E-state index in [0.29, 0.717) is 13.0 Å². The van der Waals surface area contributed by atoms with E-state index >= 15 is 0 Å². The number of hydrogen-bond acceptors (Lipinski definition) is 4. The Bertz CT molecular complexity index is 439. The Kier molecular flexibility index (Phi) is 6.45. The SMILES string of the molecule is COC(CNC(=O)N(C)CCc1ccccn1)C(=O)O. The van der Waals surface area contributed by atoms with E-state index in [4.69, 9.17) is 9.84 Å². The van der Waals surface area contributed by atoms with Gasteiger partial charge in [0.2, 0.25) is 0 Å². The summed E-state index contributed by atoms with van der Waals surface area (Å²) in [5.41, 5.74) is 0.896. The molecule has 2 N–H and O–H groups in total. The molecule has 0 aliphatic rings. The molecule has 1 atom stereocenters. The lowest BCUT2D eigenvalue weighted by atomic mass is 10.2. The Morgan fingerprint density at radius 1 is 1.50 bits per heavy atom. The number of hydrogen-bond donors (Lipinski definition) is 2. The highest BCUT2D eigenvalue weighted by atomic mass is 16.5. The molecular weight excluding hydrogens is 262 g/mol. The topological polar surface area (TPSA) is 91.8 Å². The first-order valence-electron chi connectivity index (χ1n) is 6.19. The smallest absolute Gasteiger partial charge is 0.334 e. The van der Waals surface area contributed by atoms with E-state index in [1.165, 1.54) is 12.0 Å². The minimum atomic E-state index is -1.11. The second-order valence-corrected chi connectivity index (χ2v) is 4.24. The fourth-order valence-electron chi connectivity index (χ4n) is 1.52. The molecule has 0 radical (unpaired) electrons. The van der Waals surface area contributed by atoms with Gasteiger partial charge in [0.15, 0.2) is 6.10 Å². The molecule has 0 fully saturated rings. The minimum Gasteiger partial charge on any atom is -0.479 e. The van der Waals surface area contributed by atoms with Crippen molar-refractivity contribution in [2.75, 3.05) is 27.2 Å². The molecule has 1 unspecified atom stereocenters. The van der Waals surface area contributed by atoms with Gasteiger partial charge in [-0.05, 0) is 12.1 Å². The lowest BCUT2D eigenvalue weighted by Crippen LogP contribution is -2.44. The van der Waals surface area contributed by atoms with Crippen molar-refractivity contribution in [3.63, 3.8) is 0 Å². The molecule has 1 aromatic rings. The van der Waals surface area contributed by atoms with Gasteiger partial charge in [-0.25, -0.2) is 9.59 Å². The van der Waals surface area contributed by atoms with Crippen LogP contribution in [0.3, 0.4) is 0 Å². The van der Waals surface area contributed by atoms with E-state index in [0.717, 1.165) is 5.69 Å². The van der Waals surface area contributed by atoms with Gasteiger partial charge in [-0.15, -0.1) is 0 Å². The zero-order valence-corrected chi connectivity index (χ0v) is 11.6. The first-order valence-corrected chi connectivity index (χ1v) is 6.19. The van der Waals surface area contributed by atoms with Crippen molar-refractivity contribution in [1.29, 1.82) is 0 Å². The number of rotatable bonds is 7. The number of carbonyl (C=O) groups is 2. The van der Waals surface area contributed by atoms with Crippen LogP contribution in [0.25, 0.3) is 0 Å². The Morgan fingerprint density at radius 2 is 2.25 bits per heavy atom. The molecule has 1 heterocycles. The van der Waals surface area contributed by atoms with E-state index in [9.17, 15) is 9.59 Å². The summed E-state index contributed by atoms with van der Waals surface area (Å²) in [6.45, 7) is 0.423.